The van der Waals surface area contributed by atoms with Crippen LogP contribution in [0.3, 0.4) is 0 Å². The highest BCUT2D eigenvalue weighted by molar-refractivity contribution is 7.05. The second-order valence-electron chi connectivity index (χ2n) is 2.90. The molecule has 9 heteroatoms. The number of hydrogen-bond acceptors (Lipinski definition) is 7. The molecule has 0 aliphatic heterocycles. The number of rotatable bonds is 4. The summed E-state index contributed by atoms with van der Waals surface area (Å²) in [5.74, 6) is 0. The fourth-order valence-electron chi connectivity index (χ4n) is 1.04. The van der Waals surface area contributed by atoms with E-state index in [1.54, 1.807) is 17.1 Å². The first kappa shape index (κ1) is 10.5. The Kier molecular flexibility index (Phi) is 3.05. The molecule has 0 aliphatic rings. The average Bonchev–Trinajstić information content (AvgIpc) is 2.87. The summed E-state index contributed by atoms with van der Waals surface area (Å²) in [6.45, 7) is 0.567. The summed E-state index contributed by atoms with van der Waals surface area (Å²) in [4.78, 5) is 11.3. The van der Waals surface area contributed by atoms with Crippen LogP contribution in [-0.4, -0.2) is 30.7 Å². The highest BCUT2D eigenvalue weighted by Crippen LogP contribution is 2.05. The van der Waals surface area contributed by atoms with Gasteiger partial charge in [-0.15, -0.1) is 10.2 Å². The van der Waals surface area contributed by atoms with Gasteiger partial charge in [0, 0.05) is 0 Å². The van der Waals surface area contributed by atoms with Crippen molar-refractivity contribution >= 4 is 17.6 Å². The minimum atomic E-state index is -0.832. The topological polar surface area (TPSA) is 109 Å². The number of amides is 1. The first-order valence-corrected chi connectivity index (χ1v) is 5.09. The van der Waals surface area contributed by atoms with Crippen molar-refractivity contribution in [2.45, 2.75) is 13.2 Å². The van der Waals surface area contributed by atoms with Crippen molar-refractivity contribution < 1.29 is 9.53 Å². The zero-order valence-corrected chi connectivity index (χ0v) is 8.92. The average molecular weight is 240 g/mol. The van der Waals surface area contributed by atoms with Gasteiger partial charge in [-0.2, -0.15) is 0 Å². The van der Waals surface area contributed by atoms with Gasteiger partial charge in [-0.25, -0.2) is 9.48 Å². The molecule has 0 fully saturated rings. The van der Waals surface area contributed by atoms with Gasteiger partial charge in [0.25, 0.3) is 0 Å². The van der Waals surface area contributed by atoms with Gasteiger partial charge >= 0.3 is 6.09 Å². The van der Waals surface area contributed by atoms with E-state index < -0.39 is 6.09 Å². The van der Waals surface area contributed by atoms with Crippen molar-refractivity contribution in [3.8, 4) is 0 Å². The molecule has 84 valence electrons. The lowest BCUT2D eigenvalue weighted by Gasteiger charge is -1.95. The standard InChI is InChI=1S/C7H8N6O2S/c8-7(14)15-4-5-2-13(11-10-5)3-6-1-9-12-16-6/h1-2H,3-4H2,(H2,8,14). The quantitative estimate of drug-likeness (QED) is 0.790. The Balaban J connectivity index is 1.94. The van der Waals surface area contributed by atoms with Gasteiger partial charge in [0.15, 0.2) is 0 Å². The molecule has 0 saturated carbocycles. The summed E-state index contributed by atoms with van der Waals surface area (Å²) in [6, 6.07) is 0. The van der Waals surface area contributed by atoms with Gasteiger partial charge in [-0.3, -0.25) is 0 Å². The van der Waals surface area contributed by atoms with E-state index in [9.17, 15) is 4.79 Å². The molecule has 16 heavy (non-hydrogen) atoms. The van der Waals surface area contributed by atoms with Crippen LogP contribution in [-0.2, 0) is 17.9 Å². The summed E-state index contributed by atoms with van der Waals surface area (Å²) >= 11 is 1.29. The van der Waals surface area contributed by atoms with Gasteiger partial charge in [-0.1, -0.05) is 9.70 Å². The molecule has 8 nitrogen and oxygen atoms in total. The fourth-order valence-corrected chi connectivity index (χ4v) is 1.53. The van der Waals surface area contributed by atoms with Crippen LogP contribution >= 0.6 is 11.5 Å². The van der Waals surface area contributed by atoms with Crippen LogP contribution in [0.1, 0.15) is 10.6 Å². The van der Waals surface area contributed by atoms with Crippen LogP contribution in [0.2, 0.25) is 0 Å². The third kappa shape index (κ3) is 2.73. The monoisotopic (exact) mass is 240 g/mol. The molecule has 0 radical (unpaired) electrons. The van der Waals surface area contributed by atoms with Crippen LogP contribution < -0.4 is 5.73 Å². The number of aromatic nitrogens is 5. The molecule has 2 rings (SSSR count). The van der Waals surface area contributed by atoms with E-state index >= 15 is 0 Å². The van der Waals surface area contributed by atoms with E-state index in [-0.39, 0.29) is 6.61 Å². The maximum absolute atomic E-state index is 10.4. The fraction of sp³-hybridized carbons (Fsp3) is 0.286. The molecule has 0 spiro atoms. The molecule has 0 bridgehead atoms. The smallest absolute Gasteiger partial charge is 0.404 e. The molecule has 0 atom stereocenters. The molecule has 2 N–H and O–H groups in total. The third-order valence-corrected chi connectivity index (χ3v) is 2.32. The summed E-state index contributed by atoms with van der Waals surface area (Å²) in [5, 5.41) is 11.4. The van der Waals surface area contributed by atoms with Crippen molar-refractivity contribution in [1.29, 1.82) is 0 Å². The van der Waals surface area contributed by atoms with E-state index in [4.69, 9.17) is 5.73 Å². The maximum atomic E-state index is 10.4. The lowest BCUT2D eigenvalue weighted by Crippen LogP contribution is -2.12. The van der Waals surface area contributed by atoms with E-state index in [1.165, 1.54) is 11.5 Å². The van der Waals surface area contributed by atoms with E-state index in [1.807, 2.05) is 0 Å². The third-order valence-electron chi connectivity index (χ3n) is 1.67. The van der Waals surface area contributed by atoms with Crippen LogP contribution in [0.15, 0.2) is 12.4 Å². The summed E-state index contributed by atoms with van der Waals surface area (Å²) in [5.41, 5.74) is 5.36. The minimum absolute atomic E-state index is 0.0241. The zero-order valence-electron chi connectivity index (χ0n) is 8.11. The summed E-state index contributed by atoms with van der Waals surface area (Å²) < 4.78 is 9.91. The molecule has 0 saturated heterocycles. The Bertz CT molecular complexity index is 467. The van der Waals surface area contributed by atoms with Crippen LogP contribution in [0, 0.1) is 0 Å². The van der Waals surface area contributed by atoms with Gasteiger partial charge in [0.05, 0.1) is 23.8 Å². The van der Waals surface area contributed by atoms with Crippen molar-refractivity contribution in [3.05, 3.63) is 23.0 Å². The second-order valence-corrected chi connectivity index (χ2v) is 3.77. The number of primary amides is 1. The molecule has 1 amide bonds. The lowest BCUT2D eigenvalue weighted by atomic mass is 10.5. The molecular weight excluding hydrogens is 232 g/mol. The van der Waals surface area contributed by atoms with Crippen LogP contribution in [0.25, 0.3) is 0 Å². The molecule has 2 heterocycles. The first-order chi connectivity index (χ1) is 7.74. The van der Waals surface area contributed by atoms with E-state index in [2.05, 4.69) is 24.6 Å². The largest absolute Gasteiger partial charge is 0.443 e. The Morgan fingerprint density at radius 3 is 3.19 bits per heavy atom. The highest BCUT2D eigenvalue weighted by atomic mass is 32.1. The Hall–Kier alpha value is -2.03. The van der Waals surface area contributed by atoms with E-state index in [0.717, 1.165) is 4.88 Å². The maximum Gasteiger partial charge on any atom is 0.404 e. The van der Waals surface area contributed by atoms with E-state index in [0.29, 0.717) is 12.2 Å². The number of carbonyl (C=O) groups excluding carboxylic acids is 1. The Morgan fingerprint density at radius 2 is 2.50 bits per heavy atom. The van der Waals surface area contributed by atoms with Crippen LogP contribution in [0.4, 0.5) is 4.79 Å². The zero-order chi connectivity index (χ0) is 11.4. The number of carbonyl (C=O) groups is 1. The second kappa shape index (κ2) is 4.66. The summed E-state index contributed by atoms with van der Waals surface area (Å²) in [6.07, 6.45) is 2.50. The molecule has 2 aromatic rings. The van der Waals surface area contributed by atoms with Crippen molar-refractivity contribution in [3.63, 3.8) is 0 Å². The van der Waals surface area contributed by atoms with Crippen molar-refractivity contribution in [1.82, 2.24) is 24.6 Å². The predicted octanol–water partition coefficient (Wildman–Crippen LogP) is -0.227. The minimum Gasteiger partial charge on any atom is -0.443 e. The Morgan fingerprint density at radius 1 is 1.62 bits per heavy atom. The molecular formula is C7H8N6O2S. The number of nitrogens with two attached hydrogens (primary N) is 1. The van der Waals surface area contributed by atoms with Gasteiger partial charge in [0.1, 0.15) is 12.3 Å². The predicted molar refractivity (Wildman–Crippen MR) is 53.4 cm³/mol. The summed E-state index contributed by atoms with van der Waals surface area (Å²) in [7, 11) is 0. The SMILES string of the molecule is NC(=O)OCc1cn(Cc2cnns2)nn1. The molecule has 0 unspecified atom stereocenters. The first-order valence-electron chi connectivity index (χ1n) is 4.31. The molecule has 2 aromatic heterocycles. The van der Waals surface area contributed by atoms with Crippen molar-refractivity contribution in [2.75, 3.05) is 0 Å². The number of hydrogen-bond donors (Lipinski definition) is 1. The van der Waals surface area contributed by atoms with Gasteiger partial charge in [0.2, 0.25) is 0 Å². The normalized spacial score (nSPS) is 10.2. The number of ether oxygens (including phenoxy) is 1. The van der Waals surface area contributed by atoms with Crippen molar-refractivity contribution in [2.24, 2.45) is 5.73 Å². The molecule has 0 aliphatic carbocycles. The van der Waals surface area contributed by atoms with Crippen LogP contribution in [0.5, 0.6) is 0 Å². The lowest BCUT2D eigenvalue weighted by molar-refractivity contribution is 0.149. The highest BCUT2D eigenvalue weighted by Gasteiger charge is 2.04. The number of nitrogens with zero attached hydrogens (tertiary/aromatic N) is 5. The van der Waals surface area contributed by atoms with Gasteiger partial charge < -0.3 is 10.5 Å². The molecule has 0 aromatic carbocycles. The van der Waals surface area contributed by atoms with Gasteiger partial charge in [-0.05, 0) is 11.5 Å². The Labute approximate surface area is 94.2 Å².